The lowest BCUT2D eigenvalue weighted by Crippen LogP contribution is -2.29. The monoisotopic (exact) mass is 353 g/mol. The van der Waals surface area contributed by atoms with E-state index in [4.69, 9.17) is 14.6 Å². The van der Waals surface area contributed by atoms with E-state index < -0.39 is 11.7 Å². The van der Waals surface area contributed by atoms with Crippen LogP contribution in [0.25, 0.3) is 5.57 Å². The molecule has 6 heteroatoms. The molecule has 0 radical (unpaired) electrons. The zero-order chi connectivity index (χ0) is 18.9. The Kier molecular flexibility index (Phi) is 4.42. The molecule has 6 nitrogen and oxygen atoms in total. The quantitative estimate of drug-likeness (QED) is 0.805. The number of amides is 1. The molecule has 0 fully saturated rings. The molecule has 0 aliphatic carbocycles. The van der Waals surface area contributed by atoms with Gasteiger partial charge in [-0.05, 0) is 55.3 Å². The second-order valence-electron chi connectivity index (χ2n) is 6.49. The van der Waals surface area contributed by atoms with Crippen molar-refractivity contribution in [2.45, 2.75) is 19.4 Å². The van der Waals surface area contributed by atoms with Crippen LogP contribution < -0.4 is 14.8 Å². The van der Waals surface area contributed by atoms with E-state index in [1.807, 2.05) is 32.1 Å². The fourth-order valence-electron chi connectivity index (χ4n) is 2.96. The van der Waals surface area contributed by atoms with Gasteiger partial charge in [0.15, 0.2) is 11.5 Å². The predicted molar refractivity (Wildman–Crippen MR) is 98.3 cm³/mol. The third-order valence-electron chi connectivity index (χ3n) is 4.03. The van der Waals surface area contributed by atoms with E-state index in [2.05, 4.69) is 5.32 Å². The topological polar surface area (TPSA) is 84.9 Å². The number of benzene rings is 2. The summed E-state index contributed by atoms with van der Waals surface area (Å²) in [6.07, 6.45) is 1.62. The first-order valence-electron chi connectivity index (χ1n) is 8.03. The molecule has 0 saturated carbocycles. The minimum atomic E-state index is -1.12. The van der Waals surface area contributed by atoms with Crippen LogP contribution >= 0.6 is 0 Å². The summed E-state index contributed by atoms with van der Waals surface area (Å²) in [7, 11) is 1.53. The number of carbonyl (C=O) groups excluding carboxylic acids is 1. The molecule has 1 heterocycles. The van der Waals surface area contributed by atoms with E-state index in [0.717, 1.165) is 23.0 Å². The molecular formula is C20H19NO5. The van der Waals surface area contributed by atoms with Crippen molar-refractivity contribution in [1.82, 2.24) is 0 Å². The van der Waals surface area contributed by atoms with Crippen LogP contribution in [0.1, 0.15) is 35.3 Å². The summed E-state index contributed by atoms with van der Waals surface area (Å²) in [5.41, 5.74) is 2.91. The van der Waals surface area contributed by atoms with Crippen LogP contribution in [0.4, 0.5) is 10.5 Å². The molecule has 3 rings (SSSR count). The highest BCUT2D eigenvalue weighted by Crippen LogP contribution is 2.45. The highest BCUT2D eigenvalue weighted by Gasteiger charge is 2.30. The Labute approximate surface area is 151 Å². The third kappa shape index (κ3) is 3.39. The van der Waals surface area contributed by atoms with Gasteiger partial charge < -0.3 is 14.6 Å². The van der Waals surface area contributed by atoms with Gasteiger partial charge in [0, 0.05) is 16.8 Å². The second-order valence-corrected chi connectivity index (χ2v) is 6.49. The molecule has 0 aromatic heterocycles. The number of fused-ring (bicyclic) bond motifs is 1. The van der Waals surface area contributed by atoms with Gasteiger partial charge in [0.1, 0.15) is 11.9 Å². The first-order valence-corrected chi connectivity index (χ1v) is 8.03. The van der Waals surface area contributed by atoms with Gasteiger partial charge in [0.25, 0.3) is 0 Å². The molecule has 1 aliphatic rings. The maximum Gasteiger partial charge on any atom is 0.409 e. The Morgan fingerprint density at radius 1 is 1.23 bits per heavy atom. The Morgan fingerprint density at radius 2 is 1.92 bits per heavy atom. The van der Waals surface area contributed by atoms with Gasteiger partial charge in [-0.25, -0.2) is 4.79 Å². The first kappa shape index (κ1) is 17.5. The van der Waals surface area contributed by atoms with Gasteiger partial charge in [0.05, 0.1) is 7.11 Å². The highest BCUT2D eigenvalue weighted by molar-refractivity contribution is 5.90. The van der Waals surface area contributed by atoms with Crippen LogP contribution in [0.3, 0.4) is 0 Å². The van der Waals surface area contributed by atoms with Crippen molar-refractivity contribution in [2.75, 3.05) is 12.4 Å². The summed E-state index contributed by atoms with van der Waals surface area (Å²) in [5, 5.41) is 11.1. The van der Waals surface area contributed by atoms with Crippen LogP contribution in [-0.2, 0) is 0 Å². The zero-order valence-corrected chi connectivity index (χ0v) is 14.7. The van der Waals surface area contributed by atoms with Gasteiger partial charge in [-0.2, -0.15) is 0 Å². The largest absolute Gasteiger partial charge is 0.493 e. The number of ether oxygens (including phenoxy) is 2. The Morgan fingerprint density at radius 3 is 2.50 bits per heavy atom. The molecule has 2 N–H and O–H groups in total. The van der Waals surface area contributed by atoms with Crippen molar-refractivity contribution in [1.29, 1.82) is 0 Å². The van der Waals surface area contributed by atoms with Crippen molar-refractivity contribution < 1.29 is 24.2 Å². The standard InChI is InChI=1S/C20H19NO5/c1-20(2)10-16(13-4-6-14(7-5-13)21-19(23)24)15-8-12(11-22)9-17(25-3)18(15)26-20/h4-11,21H,1-3H3,(H,23,24). The van der Waals surface area contributed by atoms with Crippen LogP contribution in [0, 0.1) is 0 Å². The van der Waals surface area contributed by atoms with Crippen molar-refractivity contribution in [3.63, 3.8) is 0 Å². The van der Waals surface area contributed by atoms with E-state index in [9.17, 15) is 9.59 Å². The summed E-state index contributed by atoms with van der Waals surface area (Å²) in [6, 6.07) is 10.4. The van der Waals surface area contributed by atoms with Crippen molar-refractivity contribution in [2.24, 2.45) is 0 Å². The lowest BCUT2D eigenvalue weighted by atomic mass is 9.88. The predicted octanol–water partition coefficient (Wildman–Crippen LogP) is 4.20. The number of aldehydes is 1. The second kappa shape index (κ2) is 6.55. The highest BCUT2D eigenvalue weighted by atomic mass is 16.5. The van der Waals surface area contributed by atoms with Crippen LogP contribution in [0.15, 0.2) is 42.5 Å². The van der Waals surface area contributed by atoms with Crippen LogP contribution in [0.5, 0.6) is 11.5 Å². The van der Waals surface area contributed by atoms with Crippen LogP contribution in [0.2, 0.25) is 0 Å². The van der Waals surface area contributed by atoms with Crippen molar-refractivity contribution >= 4 is 23.6 Å². The van der Waals surface area contributed by atoms with E-state index in [0.29, 0.717) is 22.7 Å². The lowest BCUT2D eigenvalue weighted by Gasteiger charge is -2.32. The third-order valence-corrected chi connectivity index (χ3v) is 4.03. The maximum absolute atomic E-state index is 11.3. The summed E-state index contributed by atoms with van der Waals surface area (Å²) in [5.74, 6) is 1.07. The SMILES string of the molecule is COc1cc(C=O)cc2c1OC(C)(C)C=C2c1ccc(NC(=O)O)cc1. The molecule has 2 aromatic carbocycles. The molecule has 0 atom stereocenters. The molecule has 0 bridgehead atoms. The molecule has 0 saturated heterocycles. The van der Waals surface area contributed by atoms with Gasteiger partial charge in [-0.3, -0.25) is 10.1 Å². The first-order chi connectivity index (χ1) is 12.3. The number of carbonyl (C=O) groups is 2. The van der Waals surface area contributed by atoms with Gasteiger partial charge in [0.2, 0.25) is 0 Å². The smallest absolute Gasteiger partial charge is 0.409 e. The Hall–Kier alpha value is -3.28. The van der Waals surface area contributed by atoms with Gasteiger partial charge in [-0.1, -0.05) is 12.1 Å². The molecule has 134 valence electrons. The van der Waals surface area contributed by atoms with E-state index in [1.54, 1.807) is 24.3 Å². The van der Waals surface area contributed by atoms with E-state index in [-0.39, 0.29) is 0 Å². The Balaban J connectivity index is 2.13. The maximum atomic E-state index is 11.3. The number of methoxy groups -OCH3 is 1. The van der Waals surface area contributed by atoms with E-state index >= 15 is 0 Å². The van der Waals surface area contributed by atoms with Gasteiger partial charge >= 0.3 is 6.09 Å². The fourth-order valence-corrected chi connectivity index (χ4v) is 2.96. The average Bonchev–Trinajstić information content (AvgIpc) is 2.60. The molecule has 0 unspecified atom stereocenters. The summed E-state index contributed by atoms with van der Waals surface area (Å²) in [4.78, 5) is 22.1. The normalized spacial score (nSPS) is 14.5. The Bertz CT molecular complexity index is 897. The molecular weight excluding hydrogens is 334 g/mol. The summed E-state index contributed by atoms with van der Waals surface area (Å²) in [6.45, 7) is 3.87. The number of nitrogens with one attached hydrogen (secondary N) is 1. The minimum absolute atomic E-state index is 0.479. The number of rotatable bonds is 4. The molecule has 1 aliphatic heterocycles. The number of hydrogen-bond acceptors (Lipinski definition) is 4. The van der Waals surface area contributed by atoms with Crippen molar-refractivity contribution in [3.05, 3.63) is 59.2 Å². The van der Waals surface area contributed by atoms with Crippen molar-refractivity contribution in [3.8, 4) is 11.5 Å². The molecule has 26 heavy (non-hydrogen) atoms. The zero-order valence-electron chi connectivity index (χ0n) is 14.7. The summed E-state index contributed by atoms with van der Waals surface area (Å²) < 4.78 is 11.5. The number of anilines is 1. The van der Waals surface area contributed by atoms with Crippen LogP contribution in [-0.4, -0.2) is 30.2 Å². The lowest BCUT2D eigenvalue weighted by molar-refractivity contribution is 0.112. The van der Waals surface area contributed by atoms with Gasteiger partial charge in [-0.15, -0.1) is 0 Å². The molecule has 2 aromatic rings. The van der Waals surface area contributed by atoms with E-state index in [1.165, 1.54) is 7.11 Å². The average molecular weight is 353 g/mol. The minimum Gasteiger partial charge on any atom is -0.493 e. The number of hydrogen-bond donors (Lipinski definition) is 2. The fraction of sp³-hybridized carbons (Fsp3) is 0.200. The molecule has 0 spiro atoms. The summed E-state index contributed by atoms with van der Waals surface area (Å²) >= 11 is 0. The number of carboxylic acid groups (broad SMARTS) is 1. The molecule has 1 amide bonds.